The highest BCUT2D eigenvalue weighted by Crippen LogP contribution is 2.35. The van der Waals surface area contributed by atoms with Crippen molar-refractivity contribution < 1.29 is 4.79 Å². The largest absolute Gasteiger partial charge is 0.321 e. The number of benzene rings is 2. The number of aromatic nitrogens is 3. The first-order valence-electron chi connectivity index (χ1n) is 9.12. The van der Waals surface area contributed by atoms with Crippen LogP contribution in [0, 0.1) is 0 Å². The molecule has 6 nitrogen and oxygen atoms in total. The van der Waals surface area contributed by atoms with Gasteiger partial charge in [-0.25, -0.2) is 4.68 Å². The van der Waals surface area contributed by atoms with Crippen molar-refractivity contribution in [2.45, 2.75) is 31.7 Å². The van der Waals surface area contributed by atoms with Crippen molar-refractivity contribution >= 4 is 22.4 Å². The fraction of sp³-hybridized carbons (Fsp3) is 0.350. The summed E-state index contributed by atoms with van der Waals surface area (Å²) in [6.07, 6.45) is 4.91. The molecule has 132 valence electrons. The Morgan fingerprint density at radius 2 is 2.04 bits per heavy atom. The molecule has 1 fully saturated rings. The van der Waals surface area contributed by atoms with Crippen molar-refractivity contribution in [3.05, 3.63) is 53.3 Å². The fourth-order valence-corrected chi connectivity index (χ4v) is 4.14. The van der Waals surface area contributed by atoms with Gasteiger partial charge in [-0.15, -0.1) is 5.10 Å². The molecule has 0 saturated carbocycles. The summed E-state index contributed by atoms with van der Waals surface area (Å²) >= 11 is 0. The SMILES string of the molecule is CC1(n2cc(Cc3ccc4c5c(cccc35)C(=O)N4)nn2)CCNCC1. The van der Waals surface area contributed by atoms with Crippen molar-refractivity contribution in [2.75, 3.05) is 18.4 Å². The lowest BCUT2D eigenvalue weighted by atomic mass is 9.91. The van der Waals surface area contributed by atoms with Crippen LogP contribution < -0.4 is 10.6 Å². The number of amides is 1. The van der Waals surface area contributed by atoms with E-state index in [0.717, 1.165) is 53.6 Å². The zero-order valence-corrected chi connectivity index (χ0v) is 14.7. The highest BCUT2D eigenvalue weighted by Gasteiger charge is 2.30. The maximum atomic E-state index is 12.1. The first-order valence-corrected chi connectivity index (χ1v) is 9.12. The number of anilines is 1. The van der Waals surface area contributed by atoms with Crippen molar-refractivity contribution in [1.82, 2.24) is 20.3 Å². The van der Waals surface area contributed by atoms with E-state index in [0.29, 0.717) is 6.42 Å². The smallest absolute Gasteiger partial charge is 0.256 e. The Bertz CT molecular complexity index is 1020. The van der Waals surface area contributed by atoms with E-state index in [1.54, 1.807) is 0 Å². The molecule has 0 unspecified atom stereocenters. The molecule has 2 aliphatic heterocycles. The number of nitrogens with one attached hydrogen (secondary N) is 2. The average Bonchev–Trinajstić information content (AvgIpc) is 3.25. The summed E-state index contributed by atoms with van der Waals surface area (Å²) in [6.45, 7) is 4.28. The number of rotatable bonds is 3. The molecule has 2 aromatic carbocycles. The first kappa shape index (κ1) is 15.5. The highest BCUT2D eigenvalue weighted by atomic mass is 16.1. The summed E-state index contributed by atoms with van der Waals surface area (Å²) < 4.78 is 2.04. The van der Waals surface area contributed by atoms with Gasteiger partial charge in [0, 0.05) is 29.3 Å². The summed E-state index contributed by atoms with van der Waals surface area (Å²) in [6, 6.07) is 9.98. The van der Waals surface area contributed by atoms with Crippen LogP contribution >= 0.6 is 0 Å². The lowest BCUT2D eigenvalue weighted by Gasteiger charge is -2.33. The first-order chi connectivity index (χ1) is 12.6. The van der Waals surface area contributed by atoms with Gasteiger partial charge in [0.2, 0.25) is 0 Å². The molecular weight excluding hydrogens is 326 g/mol. The topological polar surface area (TPSA) is 71.8 Å². The molecule has 2 aliphatic rings. The van der Waals surface area contributed by atoms with Gasteiger partial charge in [0.1, 0.15) is 0 Å². The number of hydrogen-bond acceptors (Lipinski definition) is 4. The Morgan fingerprint density at radius 3 is 2.88 bits per heavy atom. The number of carbonyl (C=O) groups excluding carboxylic acids is 1. The lowest BCUT2D eigenvalue weighted by Crippen LogP contribution is -2.42. The van der Waals surface area contributed by atoms with Crippen molar-refractivity contribution in [2.24, 2.45) is 0 Å². The summed E-state index contributed by atoms with van der Waals surface area (Å²) in [5, 5.41) is 17.3. The standard InChI is InChI=1S/C20H21N5O/c1-20(7-9-21-10-8-20)25-12-14(23-24-25)11-13-5-6-17-18-15(13)3-2-4-16(18)19(26)22-17/h2-6,12,21H,7-11H2,1H3,(H,22,26). The van der Waals surface area contributed by atoms with Crippen LogP contribution in [0.1, 0.15) is 41.4 Å². The second-order valence-electron chi connectivity index (χ2n) is 7.53. The summed E-state index contributed by atoms with van der Waals surface area (Å²) in [4.78, 5) is 12.1. The molecule has 1 saturated heterocycles. The van der Waals surface area contributed by atoms with Crippen LogP contribution in [0.3, 0.4) is 0 Å². The van der Waals surface area contributed by atoms with Crippen LogP contribution in [-0.4, -0.2) is 34.0 Å². The van der Waals surface area contributed by atoms with E-state index < -0.39 is 0 Å². The minimum atomic E-state index is -0.0208. The molecule has 26 heavy (non-hydrogen) atoms. The van der Waals surface area contributed by atoms with Gasteiger partial charge in [-0.05, 0) is 55.9 Å². The van der Waals surface area contributed by atoms with Gasteiger partial charge < -0.3 is 10.6 Å². The molecule has 1 amide bonds. The summed E-state index contributed by atoms with van der Waals surface area (Å²) in [5.41, 5.74) is 3.82. The zero-order valence-electron chi connectivity index (χ0n) is 14.7. The second-order valence-corrected chi connectivity index (χ2v) is 7.53. The van der Waals surface area contributed by atoms with E-state index in [-0.39, 0.29) is 11.4 Å². The van der Waals surface area contributed by atoms with Gasteiger partial charge in [-0.3, -0.25) is 4.79 Å². The number of piperidine rings is 1. The number of carbonyl (C=O) groups is 1. The van der Waals surface area contributed by atoms with Crippen LogP contribution in [0.25, 0.3) is 10.8 Å². The Kier molecular flexibility index (Phi) is 3.37. The summed E-state index contributed by atoms with van der Waals surface area (Å²) in [7, 11) is 0. The predicted molar refractivity (Wildman–Crippen MR) is 100 cm³/mol. The van der Waals surface area contributed by atoms with Gasteiger partial charge in [-0.2, -0.15) is 0 Å². The van der Waals surface area contributed by atoms with Crippen LogP contribution in [0.5, 0.6) is 0 Å². The maximum absolute atomic E-state index is 12.1. The normalized spacial score (nSPS) is 18.3. The number of nitrogens with zero attached hydrogens (tertiary/aromatic N) is 3. The molecule has 1 aromatic heterocycles. The Labute approximate surface area is 151 Å². The van der Waals surface area contributed by atoms with Crippen LogP contribution in [0.4, 0.5) is 5.69 Å². The molecule has 0 spiro atoms. The van der Waals surface area contributed by atoms with E-state index in [1.807, 2.05) is 22.9 Å². The molecule has 3 heterocycles. The molecule has 5 rings (SSSR count). The molecule has 0 atom stereocenters. The molecule has 0 bridgehead atoms. The maximum Gasteiger partial charge on any atom is 0.256 e. The van der Waals surface area contributed by atoms with Gasteiger partial charge >= 0.3 is 0 Å². The van der Waals surface area contributed by atoms with Crippen molar-refractivity contribution in [3.63, 3.8) is 0 Å². The van der Waals surface area contributed by atoms with Gasteiger partial charge in [-0.1, -0.05) is 23.4 Å². The van der Waals surface area contributed by atoms with E-state index >= 15 is 0 Å². The van der Waals surface area contributed by atoms with E-state index in [1.165, 1.54) is 5.56 Å². The zero-order chi connectivity index (χ0) is 17.7. The molecule has 2 N–H and O–H groups in total. The van der Waals surface area contributed by atoms with Gasteiger partial charge in [0.25, 0.3) is 5.91 Å². The molecule has 0 aliphatic carbocycles. The van der Waals surface area contributed by atoms with Gasteiger partial charge in [0.15, 0.2) is 0 Å². The third kappa shape index (κ3) is 2.33. The minimum absolute atomic E-state index is 0.0208. The quantitative estimate of drug-likeness (QED) is 0.764. The monoisotopic (exact) mass is 347 g/mol. The van der Waals surface area contributed by atoms with Crippen molar-refractivity contribution in [1.29, 1.82) is 0 Å². The molecule has 0 radical (unpaired) electrons. The van der Waals surface area contributed by atoms with E-state index in [2.05, 4.69) is 46.2 Å². The Morgan fingerprint density at radius 1 is 1.19 bits per heavy atom. The highest BCUT2D eigenvalue weighted by molar-refractivity contribution is 6.24. The summed E-state index contributed by atoms with van der Waals surface area (Å²) in [5.74, 6) is -0.0208. The molecule has 6 heteroatoms. The molecule has 3 aromatic rings. The van der Waals surface area contributed by atoms with Crippen molar-refractivity contribution in [3.8, 4) is 0 Å². The van der Waals surface area contributed by atoms with Crippen LogP contribution in [0.2, 0.25) is 0 Å². The second kappa shape index (κ2) is 5.64. The third-order valence-corrected chi connectivity index (χ3v) is 5.77. The minimum Gasteiger partial charge on any atom is -0.321 e. The molecular formula is C20H21N5O. The predicted octanol–water partition coefficient (Wildman–Crippen LogP) is 2.69. The van der Waals surface area contributed by atoms with E-state index in [4.69, 9.17) is 0 Å². The van der Waals surface area contributed by atoms with E-state index in [9.17, 15) is 4.79 Å². The van der Waals surface area contributed by atoms with Crippen LogP contribution in [-0.2, 0) is 12.0 Å². The van der Waals surface area contributed by atoms with Crippen LogP contribution in [0.15, 0.2) is 36.5 Å². The Hall–Kier alpha value is -2.73. The lowest BCUT2D eigenvalue weighted by molar-refractivity contribution is 0.103. The van der Waals surface area contributed by atoms with Gasteiger partial charge in [0.05, 0.1) is 11.2 Å². The Balaban J connectivity index is 1.50. The fourth-order valence-electron chi connectivity index (χ4n) is 4.14. The number of hydrogen-bond donors (Lipinski definition) is 2. The average molecular weight is 347 g/mol. The third-order valence-electron chi connectivity index (χ3n) is 5.77.